The summed E-state index contributed by atoms with van der Waals surface area (Å²) in [5.74, 6) is 0.359. The van der Waals surface area contributed by atoms with E-state index in [1.165, 1.54) is 0 Å². The van der Waals surface area contributed by atoms with Crippen LogP contribution in [-0.2, 0) is 21.6 Å². The first-order chi connectivity index (χ1) is 12.7. The minimum Gasteiger partial charge on any atom is -0.458 e. The maximum Gasteiger partial charge on any atom is 0.316 e. The number of carbonyl (C=O) groups is 1. The number of hydrogen-bond donors (Lipinski definition) is 0. The lowest BCUT2D eigenvalue weighted by atomic mass is 9.79. The van der Waals surface area contributed by atoms with E-state index in [1.807, 2.05) is 41.8 Å². The molecule has 2 aromatic heterocycles. The molecule has 0 N–H and O–H groups in total. The lowest BCUT2D eigenvalue weighted by Gasteiger charge is -2.27. The van der Waals surface area contributed by atoms with Gasteiger partial charge in [-0.05, 0) is 42.0 Å². The zero-order valence-corrected chi connectivity index (χ0v) is 15.7. The lowest BCUT2D eigenvalue weighted by Crippen LogP contribution is -2.34. The number of nitrogens with zero attached hydrogens (tertiary/aromatic N) is 1. The Morgan fingerprint density at radius 3 is 2.69 bits per heavy atom. The highest BCUT2D eigenvalue weighted by Gasteiger charge is 2.44. The van der Waals surface area contributed by atoms with Gasteiger partial charge in [-0.1, -0.05) is 42.6 Å². The Morgan fingerprint density at radius 1 is 1.23 bits per heavy atom. The third kappa shape index (κ3) is 3.29. The average Bonchev–Trinajstić information content (AvgIpc) is 3.41. The van der Waals surface area contributed by atoms with Gasteiger partial charge in [0.1, 0.15) is 18.6 Å². The quantitative estimate of drug-likeness (QED) is 0.534. The van der Waals surface area contributed by atoms with Crippen molar-refractivity contribution in [3.05, 3.63) is 64.3 Å². The van der Waals surface area contributed by atoms with E-state index in [0.717, 1.165) is 36.1 Å². The minimum absolute atomic E-state index is 0.114. The average molecular weight is 388 g/mol. The SMILES string of the molecule is O=C(OCc1coc(-c2cccs2)n1)C1(c2ccc(Cl)cc2)CCCC1. The number of aromatic nitrogens is 1. The van der Waals surface area contributed by atoms with Crippen molar-refractivity contribution in [1.29, 1.82) is 0 Å². The first-order valence-corrected chi connectivity index (χ1v) is 9.85. The third-order valence-electron chi connectivity index (χ3n) is 4.88. The number of esters is 1. The van der Waals surface area contributed by atoms with Gasteiger partial charge in [-0.2, -0.15) is 0 Å². The monoisotopic (exact) mass is 387 g/mol. The summed E-state index contributed by atoms with van der Waals surface area (Å²) in [5, 5.41) is 2.63. The van der Waals surface area contributed by atoms with Crippen LogP contribution in [0.1, 0.15) is 36.9 Å². The van der Waals surface area contributed by atoms with Crippen molar-refractivity contribution in [3.63, 3.8) is 0 Å². The molecule has 1 aromatic carbocycles. The van der Waals surface area contributed by atoms with Crippen LogP contribution in [0.25, 0.3) is 10.8 Å². The van der Waals surface area contributed by atoms with Crippen LogP contribution in [0.5, 0.6) is 0 Å². The molecule has 0 radical (unpaired) electrons. The molecule has 0 bridgehead atoms. The van der Waals surface area contributed by atoms with E-state index in [-0.39, 0.29) is 12.6 Å². The van der Waals surface area contributed by atoms with E-state index < -0.39 is 5.41 Å². The predicted molar refractivity (Wildman–Crippen MR) is 101 cm³/mol. The first kappa shape index (κ1) is 17.3. The molecule has 0 saturated heterocycles. The van der Waals surface area contributed by atoms with Crippen LogP contribution in [0.3, 0.4) is 0 Å². The summed E-state index contributed by atoms with van der Waals surface area (Å²) < 4.78 is 11.1. The van der Waals surface area contributed by atoms with Crippen LogP contribution in [0, 0.1) is 0 Å². The largest absolute Gasteiger partial charge is 0.458 e. The summed E-state index contributed by atoms with van der Waals surface area (Å²) >= 11 is 7.55. The Kier molecular flexibility index (Phi) is 4.83. The standard InChI is InChI=1S/C20H18ClNO3S/c21-15-7-5-14(6-8-15)20(9-1-2-10-20)19(23)25-13-16-12-24-18(22-16)17-4-3-11-26-17/h3-8,11-12H,1-2,9-10,13H2. The van der Waals surface area contributed by atoms with Crippen molar-refractivity contribution < 1.29 is 13.9 Å². The fourth-order valence-corrected chi connectivity index (χ4v) is 4.30. The van der Waals surface area contributed by atoms with E-state index >= 15 is 0 Å². The molecule has 1 saturated carbocycles. The van der Waals surface area contributed by atoms with Crippen LogP contribution in [0.2, 0.25) is 5.02 Å². The molecule has 3 aromatic rings. The smallest absolute Gasteiger partial charge is 0.316 e. The summed E-state index contributed by atoms with van der Waals surface area (Å²) in [7, 11) is 0. The second kappa shape index (κ2) is 7.25. The molecule has 1 aliphatic carbocycles. The molecule has 6 heteroatoms. The highest BCUT2D eigenvalue weighted by atomic mass is 35.5. The van der Waals surface area contributed by atoms with Crippen LogP contribution >= 0.6 is 22.9 Å². The molecule has 1 fully saturated rings. The van der Waals surface area contributed by atoms with Crippen LogP contribution < -0.4 is 0 Å². The van der Waals surface area contributed by atoms with Crippen molar-refractivity contribution in [2.45, 2.75) is 37.7 Å². The number of rotatable bonds is 5. The van der Waals surface area contributed by atoms with Crippen molar-refractivity contribution in [2.24, 2.45) is 0 Å². The fourth-order valence-electron chi connectivity index (χ4n) is 3.52. The number of hydrogen-bond acceptors (Lipinski definition) is 5. The Labute approximate surface area is 160 Å². The van der Waals surface area contributed by atoms with Gasteiger partial charge in [0.05, 0.1) is 10.3 Å². The summed E-state index contributed by atoms with van der Waals surface area (Å²) in [6.45, 7) is 0.114. The Bertz CT molecular complexity index is 880. The first-order valence-electron chi connectivity index (χ1n) is 8.59. The molecule has 4 rings (SSSR count). The number of thiophene rings is 1. The second-order valence-electron chi connectivity index (χ2n) is 6.49. The molecule has 0 unspecified atom stereocenters. The molecule has 2 heterocycles. The van der Waals surface area contributed by atoms with Crippen molar-refractivity contribution in [3.8, 4) is 10.8 Å². The number of ether oxygens (including phenoxy) is 1. The third-order valence-corrected chi connectivity index (χ3v) is 5.99. The van der Waals surface area contributed by atoms with Crippen molar-refractivity contribution >= 4 is 28.9 Å². The molecular weight excluding hydrogens is 370 g/mol. The molecule has 0 amide bonds. The molecule has 0 aliphatic heterocycles. The molecule has 0 atom stereocenters. The summed E-state index contributed by atoms with van der Waals surface area (Å²) in [4.78, 5) is 18.3. The van der Waals surface area contributed by atoms with Gasteiger partial charge >= 0.3 is 5.97 Å². The van der Waals surface area contributed by atoms with Gasteiger partial charge in [-0.15, -0.1) is 11.3 Å². The van der Waals surface area contributed by atoms with Gasteiger partial charge in [-0.25, -0.2) is 4.98 Å². The Hall–Kier alpha value is -2.11. The van der Waals surface area contributed by atoms with Crippen molar-refractivity contribution in [1.82, 2.24) is 4.98 Å². The normalized spacial score (nSPS) is 15.9. The highest BCUT2D eigenvalue weighted by molar-refractivity contribution is 7.13. The van der Waals surface area contributed by atoms with Gasteiger partial charge in [0, 0.05) is 5.02 Å². The molecule has 4 nitrogen and oxygen atoms in total. The maximum absolute atomic E-state index is 12.9. The molecular formula is C20H18ClNO3S. The topological polar surface area (TPSA) is 52.3 Å². The van der Waals surface area contributed by atoms with Gasteiger partial charge in [0.15, 0.2) is 0 Å². The zero-order valence-electron chi connectivity index (χ0n) is 14.1. The maximum atomic E-state index is 12.9. The minimum atomic E-state index is -0.578. The van der Waals surface area contributed by atoms with E-state index in [2.05, 4.69) is 4.98 Å². The van der Waals surface area contributed by atoms with Gasteiger partial charge in [0.25, 0.3) is 0 Å². The fraction of sp³-hybridized carbons (Fsp3) is 0.300. The summed E-state index contributed by atoms with van der Waals surface area (Å²) in [6, 6.07) is 11.4. The lowest BCUT2D eigenvalue weighted by molar-refractivity contribution is -0.152. The van der Waals surface area contributed by atoms with E-state index in [0.29, 0.717) is 16.6 Å². The van der Waals surface area contributed by atoms with E-state index in [4.69, 9.17) is 20.8 Å². The number of carbonyl (C=O) groups excluding carboxylic acids is 1. The number of halogens is 1. The molecule has 134 valence electrons. The summed E-state index contributed by atoms with van der Waals surface area (Å²) in [6.07, 6.45) is 5.18. The molecule has 0 spiro atoms. The predicted octanol–water partition coefficient (Wildman–Crippen LogP) is 5.61. The molecule has 1 aliphatic rings. The van der Waals surface area contributed by atoms with E-state index in [1.54, 1.807) is 17.6 Å². The van der Waals surface area contributed by atoms with Crippen LogP contribution in [0.4, 0.5) is 0 Å². The van der Waals surface area contributed by atoms with Gasteiger partial charge in [-0.3, -0.25) is 4.79 Å². The Balaban J connectivity index is 1.48. The van der Waals surface area contributed by atoms with Gasteiger partial charge < -0.3 is 9.15 Å². The van der Waals surface area contributed by atoms with Crippen LogP contribution in [0.15, 0.2) is 52.5 Å². The highest BCUT2D eigenvalue weighted by Crippen LogP contribution is 2.42. The second-order valence-corrected chi connectivity index (χ2v) is 7.88. The van der Waals surface area contributed by atoms with Gasteiger partial charge in [0.2, 0.25) is 5.89 Å². The number of oxazole rings is 1. The van der Waals surface area contributed by atoms with Crippen LogP contribution in [-0.4, -0.2) is 11.0 Å². The number of benzene rings is 1. The Morgan fingerprint density at radius 2 is 2.00 bits per heavy atom. The van der Waals surface area contributed by atoms with E-state index in [9.17, 15) is 4.79 Å². The molecule has 26 heavy (non-hydrogen) atoms. The summed E-state index contributed by atoms with van der Waals surface area (Å²) in [5.41, 5.74) is 1.01. The van der Waals surface area contributed by atoms with Crippen molar-refractivity contribution in [2.75, 3.05) is 0 Å². The zero-order chi connectivity index (χ0) is 18.0.